The van der Waals surface area contributed by atoms with E-state index in [0.717, 1.165) is 10.5 Å². The summed E-state index contributed by atoms with van der Waals surface area (Å²) in [4.78, 5) is 14.2. The number of hydrogen-bond donors (Lipinski definition) is 2. The highest BCUT2D eigenvalue weighted by atomic mass is 32.2. The van der Waals surface area contributed by atoms with Gasteiger partial charge in [0.15, 0.2) is 5.82 Å². The van der Waals surface area contributed by atoms with Crippen LogP contribution in [0.4, 0.5) is 11.5 Å². The summed E-state index contributed by atoms with van der Waals surface area (Å²) < 4.78 is 32.4. The Morgan fingerprint density at radius 3 is 2.18 bits per heavy atom. The average molecular weight is 480 g/mol. The molecule has 0 unspecified atom stereocenters. The number of rotatable bonds is 8. The van der Waals surface area contributed by atoms with Crippen LogP contribution in [0.3, 0.4) is 0 Å². The third kappa shape index (κ3) is 5.82. The maximum atomic E-state index is 13.2. The smallest absolute Gasteiger partial charge is 0.263 e. The number of sulfonamides is 1. The number of anilines is 2. The van der Waals surface area contributed by atoms with Crippen molar-refractivity contribution in [3.05, 3.63) is 102 Å². The molecule has 0 aliphatic heterocycles. The van der Waals surface area contributed by atoms with Gasteiger partial charge in [0.25, 0.3) is 10.0 Å². The monoisotopic (exact) mass is 479 g/mol. The van der Waals surface area contributed by atoms with Crippen LogP contribution in [0.25, 0.3) is 0 Å². The first kappa shape index (κ1) is 22.6. The van der Waals surface area contributed by atoms with Crippen LogP contribution in [0.2, 0.25) is 0 Å². The lowest BCUT2D eigenvalue weighted by Gasteiger charge is -2.17. The summed E-state index contributed by atoms with van der Waals surface area (Å²) in [7, 11) is -3.83. The number of thioether (sulfide) groups is 1. The highest BCUT2D eigenvalue weighted by Gasteiger charge is 2.23. The molecule has 1 atom stereocenters. The number of nitrogens with zero attached hydrogens (tertiary/aromatic N) is 1. The molecular weight excluding hydrogens is 458 g/mol. The maximum Gasteiger partial charge on any atom is 0.263 e. The molecule has 0 aliphatic rings. The molecule has 33 heavy (non-hydrogen) atoms. The van der Waals surface area contributed by atoms with Gasteiger partial charge >= 0.3 is 0 Å². The molecule has 168 valence electrons. The molecule has 0 aliphatic carbocycles. The van der Waals surface area contributed by atoms with Gasteiger partial charge in [-0.2, -0.15) is 0 Å². The minimum Gasteiger partial charge on any atom is -0.360 e. The van der Waals surface area contributed by atoms with Crippen molar-refractivity contribution < 1.29 is 17.7 Å². The summed E-state index contributed by atoms with van der Waals surface area (Å²) in [5, 5.41) is 6.05. The van der Waals surface area contributed by atoms with E-state index in [1.54, 1.807) is 19.1 Å². The Hall–Kier alpha value is -3.56. The molecule has 2 N–H and O–H groups in total. The number of benzene rings is 3. The van der Waals surface area contributed by atoms with Gasteiger partial charge in [-0.15, -0.1) is 11.8 Å². The van der Waals surface area contributed by atoms with Crippen LogP contribution in [0.15, 0.2) is 105 Å². The van der Waals surface area contributed by atoms with Crippen molar-refractivity contribution in [1.82, 2.24) is 5.16 Å². The maximum absolute atomic E-state index is 13.2. The molecule has 0 fully saturated rings. The van der Waals surface area contributed by atoms with Gasteiger partial charge in [0.05, 0.1) is 4.90 Å². The molecule has 0 bridgehead atoms. The van der Waals surface area contributed by atoms with E-state index in [2.05, 4.69) is 15.2 Å². The summed E-state index contributed by atoms with van der Waals surface area (Å²) in [5.74, 6) is 0.391. The summed E-state index contributed by atoms with van der Waals surface area (Å²) in [6, 6.07) is 26.6. The fourth-order valence-electron chi connectivity index (χ4n) is 3.07. The second-order valence-electron chi connectivity index (χ2n) is 7.16. The zero-order valence-electron chi connectivity index (χ0n) is 17.6. The van der Waals surface area contributed by atoms with Crippen molar-refractivity contribution in [2.45, 2.75) is 22.0 Å². The molecule has 0 spiro atoms. The van der Waals surface area contributed by atoms with E-state index in [4.69, 9.17) is 4.52 Å². The van der Waals surface area contributed by atoms with Crippen molar-refractivity contribution >= 4 is 39.2 Å². The molecule has 1 heterocycles. The van der Waals surface area contributed by atoms with E-state index in [1.807, 2.05) is 60.7 Å². The SMILES string of the molecule is Cc1cc(NS(=O)(=O)c2ccc(NC(=O)[C@@H](Sc3ccccc3)c3ccccc3)cc2)no1. The van der Waals surface area contributed by atoms with Gasteiger partial charge in [0.2, 0.25) is 5.91 Å². The predicted octanol–water partition coefficient (Wildman–Crippen LogP) is 5.26. The Bertz CT molecular complexity index is 1320. The van der Waals surface area contributed by atoms with E-state index in [0.29, 0.717) is 11.4 Å². The number of aromatic nitrogens is 1. The quantitative estimate of drug-likeness (QED) is 0.335. The molecule has 3 aromatic carbocycles. The van der Waals surface area contributed by atoms with E-state index < -0.39 is 15.3 Å². The normalized spacial score (nSPS) is 12.2. The summed E-state index contributed by atoms with van der Waals surface area (Å²) in [6.45, 7) is 1.67. The fraction of sp³-hybridized carbons (Fsp3) is 0.0833. The van der Waals surface area contributed by atoms with Gasteiger partial charge in [-0.05, 0) is 48.9 Å². The standard InChI is InChI=1S/C24H21N3O4S2/c1-17-16-22(26-31-17)27-33(29,30)21-14-12-19(13-15-21)25-24(28)23(18-8-4-2-5-9-18)32-20-10-6-3-7-11-20/h2-16,23H,1H3,(H,25,28)(H,26,27)/t23-/m0/s1. The molecular formula is C24H21N3O4S2. The lowest BCUT2D eigenvalue weighted by molar-refractivity contribution is -0.115. The highest BCUT2D eigenvalue weighted by molar-refractivity contribution is 8.00. The number of aryl methyl sites for hydroxylation is 1. The van der Waals surface area contributed by atoms with Gasteiger partial charge in [-0.1, -0.05) is 53.7 Å². The van der Waals surface area contributed by atoms with Crippen LogP contribution in [0.1, 0.15) is 16.6 Å². The average Bonchev–Trinajstić information content (AvgIpc) is 3.22. The molecule has 0 saturated carbocycles. The molecule has 4 aromatic rings. The number of carbonyl (C=O) groups excluding carboxylic acids is 1. The van der Waals surface area contributed by atoms with Gasteiger partial charge < -0.3 is 9.84 Å². The van der Waals surface area contributed by atoms with Crippen LogP contribution in [0, 0.1) is 6.92 Å². The molecule has 1 aromatic heterocycles. The highest BCUT2D eigenvalue weighted by Crippen LogP contribution is 2.36. The van der Waals surface area contributed by atoms with Crippen molar-refractivity contribution in [3.8, 4) is 0 Å². The Balaban J connectivity index is 1.50. The second-order valence-corrected chi connectivity index (χ2v) is 10.0. The van der Waals surface area contributed by atoms with Crippen LogP contribution >= 0.6 is 11.8 Å². The molecule has 0 saturated heterocycles. The Morgan fingerprint density at radius 2 is 1.58 bits per heavy atom. The fourth-order valence-corrected chi connectivity index (χ4v) is 5.10. The summed E-state index contributed by atoms with van der Waals surface area (Å²) in [5.41, 5.74) is 1.36. The van der Waals surface area contributed by atoms with E-state index in [-0.39, 0.29) is 16.6 Å². The Labute approximate surface area is 196 Å². The zero-order valence-corrected chi connectivity index (χ0v) is 19.3. The first-order valence-corrected chi connectivity index (χ1v) is 12.4. The zero-order chi connectivity index (χ0) is 23.3. The largest absolute Gasteiger partial charge is 0.360 e. The third-order valence-electron chi connectivity index (χ3n) is 4.64. The van der Waals surface area contributed by atoms with Gasteiger partial charge in [-0.25, -0.2) is 8.42 Å². The van der Waals surface area contributed by atoms with E-state index in [1.165, 1.54) is 30.0 Å². The minimum atomic E-state index is -3.83. The summed E-state index contributed by atoms with van der Waals surface area (Å²) >= 11 is 1.45. The third-order valence-corrected chi connectivity index (χ3v) is 7.27. The molecule has 4 rings (SSSR count). The topological polar surface area (TPSA) is 101 Å². The molecule has 0 radical (unpaired) electrons. The molecule has 9 heteroatoms. The van der Waals surface area contributed by atoms with Gasteiger partial charge in [0, 0.05) is 16.6 Å². The molecule has 1 amide bonds. The Morgan fingerprint density at radius 1 is 0.939 bits per heavy atom. The van der Waals surface area contributed by atoms with Crippen molar-refractivity contribution in [3.63, 3.8) is 0 Å². The lowest BCUT2D eigenvalue weighted by atomic mass is 10.1. The lowest BCUT2D eigenvalue weighted by Crippen LogP contribution is -2.19. The van der Waals surface area contributed by atoms with Crippen LogP contribution in [-0.4, -0.2) is 19.5 Å². The minimum absolute atomic E-state index is 0.0411. The van der Waals surface area contributed by atoms with Crippen LogP contribution < -0.4 is 10.0 Å². The van der Waals surface area contributed by atoms with E-state index >= 15 is 0 Å². The predicted molar refractivity (Wildman–Crippen MR) is 129 cm³/mol. The first-order chi connectivity index (χ1) is 15.9. The van der Waals surface area contributed by atoms with Crippen molar-refractivity contribution in [2.75, 3.05) is 10.0 Å². The van der Waals surface area contributed by atoms with Crippen LogP contribution in [0.5, 0.6) is 0 Å². The van der Waals surface area contributed by atoms with Crippen molar-refractivity contribution in [1.29, 1.82) is 0 Å². The summed E-state index contributed by atoms with van der Waals surface area (Å²) in [6.07, 6.45) is 0. The number of amides is 1. The van der Waals surface area contributed by atoms with Crippen molar-refractivity contribution in [2.24, 2.45) is 0 Å². The number of carbonyl (C=O) groups is 1. The van der Waals surface area contributed by atoms with E-state index in [9.17, 15) is 13.2 Å². The second kappa shape index (κ2) is 9.93. The van der Waals surface area contributed by atoms with Crippen LogP contribution in [-0.2, 0) is 14.8 Å². The first-order valence-electron chi connectivity index (χ1n) is 10.0. The van der Waals surface area contributed by atoms with Gasteiger partial charge in [-0.3, -0.25) is 9.52 Å². The molecule has 7 nitrogen and oxygen atoms in total. The number of nitrogens with one attached hydrogen (secondary N) is 2. The van der Waals surface area contributed by atoms with Gasteiger partial charge in [0.1, 0.15) is 11.0 Å². The Kier molecular flexibility index (Phi) is 6.81. The number of hydrogen-bond acceptors (Lipinski definition) is 6.